The van der Waals surface area contributed by atoms with Gasteiger partial charge in [-0.3, -0.25) is 0 Å². The van der Waals surface area contributed by atoms with Gasteiger partial charge < -0.3 is 2.85 Å². The van der Waals surface area contributed by atoms with Crippen molar-refractivity contribution in [1.82, 2.24) is 0 Å². The summed E-state index contributed by atoms with van der Waals surface area (Å²) in [6.45, 7) is 7.77. The SMILES string of the molecule is CCB(CC)CC.[Ca+2].[H-].[H-]. The molecule has 46 valence electrons. The molecule has 0 aliphatic heterocycles. The molecule has 0 fully saturated rings. The summed E-state index contributed by atoms with van der Waals surface area (Å²) < 4.78 is 0. The van der Waals surface area contributed by atoms with E-state index in [1.165, 1.54) is 19.0 Å². The third-order valence-corrected chi connectivity index (χ3v) is 1.73. The van der Waals surface area contributed by atoms with Crippen molar-refractivity contribution in [2.45, 2.75) is 39.7 Å². The summed E-state index contributed by atoms with van der Waals surface area (Å²) in [5, 5.41) is 0. The van der Waals surface area contributed by atoms with Crippen LogP contribution in [0.5, 0.6) is 0 Å². The van der Waals surface area contributed by atoms with Gasteiger partial charge in [0.15, 0.2) is 0 Å². The molecular weight excluding hydrogens is 123 g/mol. The van der Waals surface area contributed by atoms with Gasteiger partial charge in [-0.05, 0) is 0 Å². The fourth-order valence-electron chi connectivity index (χ4n) is 0.866. The molecule has 0 bridgehead atoms. The van der Waals surface area contributed by atoms with E-state index in [2.05, 4.69) is 20.8 Å². The predicted octanol–water partition coefficient (Wildman–Crippen LogP) is 2.39. The molecule has 2 heteroatoms. The molecule has 0 aliphatic carbocycles. The van der Waals surface area contributed by atoms with Crippen molar-refractivity contribution < 1.29 is 2.85 Å². The van der Waals surface area contributed by atoms with Gasteiger partial charge >= 0.3 is 37.7 Å². The molecule has 0 saturated carbocycles. The van der Waals surface area contributed by atoms with Gasteiger partial charge in [-0.1, -0.05) is 39.7 Å². The minimum absolute atomic E-state index is 0. The zero-order valence-electron chi connectivity index (χ0n) is 8.41. The predicted molar refractivity (Wildman–Crippen MR) is 45.2 cm³/mol. The normalized spacial score (nSPS) is 7.88. The van der Waals surface area contributed by atoms with E-state index in [1.807, 2.05) is 0 Å². The topological polar surface area (TPSA) is 0 Å². The molecule has 0 aromatic heterocycles. The first kappa shape index (κ1) is 12.0. The molecule has 0 aliphatic rings. The Morgan fingerprint density at radius 2 is 1.25 bits per heavy atom. The van der Waals surface area contributed by atoms with Crippen molar-refractivity contribution in [3.8, 4) is 0 Å². The van der Waals surface area contributed by atoms with Crippen molar-refractivity contribution in [2.75, 3.05) is 0 Å². The maximum atomic E-state index is 2.26. The Balaban J connectivity index is -0.0000000600. The second-order valence-corrected chi connectivity index (χ2v) is 2.09. The summed E-state index contributed by atoms with van der Waals surface area (Å²) in [4.78, 5) is 0. The van der Waals surface area contributed by atoms with Crippen molar-refractivity contribution >= 4 is 44.5 Å². The Morgan fingerprint density at radius 1 is 1.00 bits per heavy atom. The van der Waals surface area contributed by atoms with Crippen molar-refractivity contribution in [3.63, 3.8) is 0 Å². The molecule has 0 unspecified atom stereocenters. The maximum absolute atomic E-state index is 2.26. The Morgan fingerprint density at radius 3 is 1.25 bits per heavy atom. The van der Waals surface area contributed by atoms with Gasteiger partial charge in [0.05, 0.1) is 0 Å². The van der Waals surface area contributed by atoms with Crippen LogP contribution in [0.4, 0.5) is 0 Å². The maximum Gasteiger partial charge on any atom is 2.00 e. The van der Waals surface area contributed by atoms with Crippen LogP contribution in [-0.4, -0.2) is 44.5 Å². The van der Waals surface area contributed by atoms with Crippen LogP contribution in [0.15, 0.2) is 0 Å². The third kappa shape index (κ3) is 5.46. The van der Waals surface area contributed by atoms with Crippen molar-refractivity contribution in [1.29, 1.82) is 0 Å². The van der Waals surface area contributed by atoms with E-state index in [4.69, 9.17) is 0 Å². The Kier molecular flexibility index (Phi) is 12.5. The standard InChI is InChI=1S/C6H15B.Ca.2H/c1-4-7(5-2)6-3;;;/h4-6H2,1-3H3;;;/q;+2;2*-1. The van der Waals surface area contributed by atoms with Crippen LogP contribution in [0.2, 0.25) is 19.0 Å². The molecule has 0 N–H and O–H groups in total. The van der Waals surface area contributed by atoms with E-state index in [1.54, 1.807) is 0 Å². The minimum atomic E-state index is 0. The summed E-state index contributed by atoms with van der Waals surface area (Å²) in [5.74, 6) is 0. The smallest absolute Gasteiger partial charge is 1.00 e. The summed E-state index contributed by atoms with van der Waals surface area (Å²) in [7, 11) is 0. The van der Waals surface area contributed by atoms with Crippen LogP contribution in [0.25, 0.3) is 0 Å². The molecule has 8 heavy (non-hydrogen) atoms. The number of hydrogen-bond acceptors (Lipinski definition) is 0. The largest absolute Gasteiger partial charge is 2.00 e. The van der Waals surface area contributed by atoms with Crippen LogP contribution in [0.1, 0.15) is 23.6 Å². The van der Waals surface area contributed by atoms with Gasteiger partial charge in [0.1, 0.15) is 6.71 Å². The van der Waals surface area contributed by atoms with Gasteiger partial charge in [0.25, 0.3) is 0 Å². The Labute approximate surface area is 86.5 Å². The van der Waals surface area contributed by atoms with E-state index in [0.717, 1.165) is 6.71 Å². The van der Waals surface area contributed by atoms with E-state index in [9.17, 15) is 0 Å². The Hall–Kier alpha value is 1.32. The average Bonchev–Trinajstić information content (AvgIpc) is 1.72. The van der Waals surface area contributed by atoms with Gasteiger partial charge in [-0.25, -0.2) is 0 Å². The molecule has 0 spiro atoms. The van der Waals surface area contributed by atoms with E-state index < -0.39 is 0 Å². The van der Waals surface area contributed by atoms with E-state index in [0.29, 0.717) is 0 Å². The molecule has 0 radical (unpaired) electrons. The zero-order valence-corrected chi connectivity index (χ0v) is 8.61. The van der Waals surface area contributed by atoms with Crippen LogP contribution < -0.4 is 0 Å². The van der Waals surface area contributed by atoms with Gasteiger partial charge in [-0.2, -0.15) is 0 Å². The van der Waals surface area contributed by atoms with Gasteiger partial charge in [-0.15, -0.1) is 0 Å². The average molecular weight is 140 g/mol. The van der Waals surface area contributed by atoms with Crippen LogP contribution >= 0.6 is 0 Å². The first-order valence-corrected chi connectivity index (χ1v) is 3.35. The van der Waals surface area contributed by atoms with Crippen molar-refractivity contribution in [2.24, 2.45) is 0 Å². The molecule has 0 saturated heterocycles. The van der Waals surface area contributed by atoms with E-state index in [-0.39, 0.29) is 40.6 Å². The quantitative estimate of drug-likeness (QED) is 0.528. The summed E-state index contributed by atoms with van der Waals surface area (Å²) >= 11 is 0. The molecular formula is C6H17BCa. The Bertz CT molecular complexity index is 37.2. The molecule has 0 nitrogen and oxygen atoms in total. The molecule has 0 atom stereocenters. The fourth-order valence-corrected chi connectivity index (χ4v) is 0.866. The van der Waals surface area contributed by atoms with Crippen LogP contribution in [0.3, 0.4) is 0 Å². The number of hydrogen-bond donors (Lipinski definition) is 0. The monoisotopic (exact) mass is 140 g/mol. The summed E-state index contributed by atoms with van der Waals surface area (Å²) in [5.41, 5.74) is 0. The zero-order chi connectivity index (χ0) is 5.70. The number of rotatable bonds is 3. The van der Waals surface area contributed by atoms with Crippen LogP contribution in [0, 0.1) is 0 Å². The first-order chi connectivity index (χ1) is 3.35. The van der Waals surface area contributed by atoms with Crippen LogP contribution in [-0.2, 0) is 0 Å². The molecule has 0 amide bonds. The summed E-state index contributed by atoms with van der Waals surface area (Å²) in [6.07, 6.45) is 4.06. The fraction of sp³-hybridized carbons (Fsp3) is 1.00. The third-order valence-electron chi connectivity index (χ3n) is 1.73. The molecule has 0 aromatic rings. The second kappa shape index (κ2) is 8.32. The first-order valence-electron chi connectivity index (χ1n) is 3.35. The minimum Gasteiger partial charge on any atom is -1.00 e. The van der Waals surface area contributed by atoms with Gasteiger partial charge in [0, 0.05) is 0 Å². The van der Waals surface area contributed by atoms with Crippen molar-refractivity contribution in [3.05, 3.63) is 0 Å². The van der Waals surface area contributed by atoms with E-state index >= 15 is 0 Å². The molecule has 0 rings (SSSR count). The summed E-state index contributed by atoms with van der Waals surface area (Å²) in [6, 6.07) is 0. The second-order valence-electron chi connectivity index (χ2n) is 2.09. The molecule has 0 aromatic carbocycles. The molecule has 0 heterocycles. The van der Waals surface area contributed by atoms with Gasteiger partial charge in [0.2, 0.25) is 0 Å².